The minimum Gasteiger partial charge on any atom is -0.464 e. The quantitative estimate of drug-likeness (QED) is 0.414. The van der Waals surface area contributed by atoms with Crippen molar-refractivity contribution in [3.05, 3.63) is 12.2 Å². The largest absolute Gasteiger partial charge is 0.464 e. The predicted molar refractivity (Wildman–Crippen MR) is 88.3 cm³/mol. The summed E-state index contributed by atoms with van der Waals surface area (Å²) in [6, 6.07) is 0. The highest BCUT2D eigenvalue weighted by Crippen LogP contribution is 2.66. The summed E-state index contributed by atoms with van der Waals surface area (Å²) in [5, 5.41) is 0. The van der Waals surface area contributed by atoms with E-state index in [2.05, 4.69) is 0 Å². The van der Waals surface area contributed by atoms with Crippen molar-refractivity contribution >= 4 is 23.8 Å². The van der Waals surface area contributed by atoms with Crippen LogP contribution < -0.4 is 0 Å². The summed E-state index contributed by atoms with van der Waals surface area (Å²) >= 11 is 0. The Morgan fingerprint density at radius 1 is 1.20 bits per heavy atom. The Morgan fingerprint density at radius 2 is 1.92 bits per heavy atom. The molecular formula is C20H24O5. The minimum absolute atomic E-state index is 0.0890. The lowest BCUT2D eigenvalue weighted by Crippen LogP contribution is -2.66. The molecule has 4 rings (SSSR count). The van der Waals surface area contributed by atoms with Crippen LogP contribution in [0.1, 0.15) is 40.0 Å². The molecule has 0 aromatic carbocycles. The van der Waals surface area contributed by atoms with Gasteiger partial charge in [0, 0.05) is 11.8 Å². The first kappa shape index (κ1) is 16.7. The van der Waals surface area contributed by atoms with Gasteiger partial charge in [0.2, 0.25) is 0 Å². The van der Waals surface area contributed by atoms with E-state index in [0.717, 1.165) is 12.7 Å². The number of carbonyl (C=O) groups is 4. The number of hydrogen-bond acceptors (Lipinski definition) is 5. The number of rotatable bonds is 1. The molecule has 0 unspecified atom stereocenters. The van der Waals surface area contributed by atoms with Crippen molar-refractivity contribution in [3.8, 4) is 0 Å². The normalized spacial score (nSPS) is 47.6. The average molecular weight is 344 g/mol. The topological polar surface area (TPSA) is 77.5 Å². The summed E-state index contributed by atoms with van der Waals surface area (Å²) < 4.78 is 5.50. The molecule has 5 nitrogen and oxygen atoms in total. The molecule has 3 aliphatic carbocycles. The fraction of sp³-hybridized carbons (Fsp3) is 0.700. The number of Topliss-reactive ketones (excluding diaryl/α,β-unsaturated/α-hetero) is 1. The van der Waals surface area contributed by atoms with Gasteiger partial charge in [0.15, 0.2) is 11.6 Å². The van der Waals surface area contributed by atoms with Crippen LogP contribution in [0.4, 0.5) is 0 Å². The highest BCUT2D eigenvalue weighted by atomic mass is 16.5. The molecule has 0 amide bonds. The van der Waals surface area contributed by atoms with Crippen LogP contribution >= 0.6 is 0 Å². The van der Waals surface area contributed by atoms with Gasteiger partial charge in [-0.05, 0) is 42.6 Å². The molecule has 0 aromatic heterocycles. The molecule has 25 heavy (non-hydrogen) atoms. The van der Waals surface area contributed by atoms with Crippen molar-refractivity contribution in [1.82, 2.24) is 0 Å². The van der Waals surface area contributed by atoms with Crippen molar-refractivity contribution in [1.29, 1.82) is 0 Å². The summed E-state index contributed by atoms with van der Waals surface area (Å²) in [5.74, 6) is -1.81. The molecule has 1 saturated heterocycles. The number of ether oxygens (including phenoxy) is 1. The Bertz CT molecular complexity index is 720. The maximum atomic E-state index is 13.1. The van der Waals surface area contributed by atoms with Crippen molar-refractivity contribution in [2.45, 2.75) is 40.0 Å². The maximum Gasteiger partial charge on any atom is 0.320 e. The molecule has 1 aliphatic heterocycles. The molecular weight excluding hydrogens is 320 g/mol. The van der Waals surface area contributed by atoms with Gasteiger partial charge in [-0.3, -0.25) is 14.4 Å². The zero-order valence-electron chi connectivity index (χ0n) is 14.9. The van der Waals surface area contributed by atoms with Crippen molar-refractivity contribution < 1.29 is 23.9 Å². The summed E-state index contributed by atoms with van der Waals surface area (Å²) in [5.41, 5.74) is -2.87. The number of carbonyl (C=O) groups excluding carboxylic acids is 4. The molecule has 0 radical (unpaired) electrons. The molecule has 134 valence electrons. The standard InChI is InChI=1S/C20H24O5/c1-11-12-4-5-13-19(8-12,16(11)23)17(24)25-10-20(13)14(9-21)18(2,3)7-6-15(20)22/h6-7,9,11-14H,4-5,8,10H2,1-3H3/t11-,12-,13-,14-,19+,20+/m0/s1. The van der Waals surface area contributed by atoms with Gasteiger partial charge in [-0.25, -0.2) is 0 Å². The average Bonchev–Trinajstić information content (AvgIpc) is 2.77. The number of allylic oxidation sites excluding steroid dienone is 2. The molecule has 2 bridgehead atoms. The van der Waals surface area contributed by atoms with Crippen LogP contribution in [0, 0.1) is 39.9 Å². The number of aldehydes is 1. The molecule has 4 aliphatic rings. The summed E-state index contributed by atoms with van der Waals surface area (Å²) in [7, 11) is 0. The van der Waals surface area contributed by atoms with Crippen LogP contribution in [-0.4, -0.2) is 30.4 Å². The molecule has 3 fully saturated rings. The second-order valence-electron chi connectivity index (χ2n) is 8.97. The third-order valence-corrected chi connectivity index (χ3v) is 7.61. The Kier molecular flexibility index (Phi) is 3.26. The van der Waals surface area contributed by atoms with Crippen molar-refractivity contribution in [2.75, 3.05) is 6.61 Å². The van der Waals surface area contributed by atoms with Crippen molar-refractivity contribution in [3.63, 3.8) is 0 Å². The van der Waals surface area contributed by atoms with Gasteiger partial charge in [0.05, 0.1) is 5.41 Å². The van der Waals surface area contributed by atoms with E-state index < -0.39 is 34.1 Å². The Labute approximate surface area is 147 Å². The fourth-order valence-corrected chi connectivity index (χ4v) is 6.25. The Balaban J connectivity index is 1.94. The molecule has 5 heteroatoms. The van der Waals surface area contributed by atoms with Gasteiger partial charge in [0.25, 0.3) is 0 Å². The lowest BCUT2D eigenvalue weighted by Gasteiger charge is -2.57. The van der Waals surface area contributed by atoms with Crippen LogP contribution in [-0.2, 0) is 23.9 Å². The second-order valence-corrected chi connectivity index (χ2v) is 8.97. The summed E-state index contributed by atoms with van der Waals surface area (Å²) in [4.78, 5) is 51.1. The van der Waals surface area contributed by atoms with E-state index in [1.807, 2.05) is 20.8 Å². The van der Waals surface area contributed by atoms with Crippen LogP contribution in [0.25, 0.3) is 0 Å². The van der Waals surface area contributed by atoms with Crippen LogP contribution in [0.5, 0.6) is 0 Å². The van der Waals surface area contributed by atoms with Crippen LogP contribution in [0.15, 0.2) is 12.2 Å². The van der Waals surface area contributed by atoms with Gasteiger partial charge >= 0.3 is 5.97 Å². The van der Waals surface area contributed by atoms with Gasteiger partial charge in [-0.15, -0.1) is 0 Å². The molecule has 6 atom stereocenters. The highest BCUT2D eigenvalue weighted by Gasteiger charge is 2.74. The molecule has 2 saturated carbocycles. The smallest absolute Gasteiger partial charge is 0.320 e. The molecule has 2 spiro atoms. The van der Waals surface area contributed by atoms with Gasteiger partial charge in [-0.2, -0.15) is 0 Å². The first-order valence-electron chi connectivity index (χ1n) is 9.12. The summed E-state index contributed by atoms with van der Waals surface area (Å²) in [6.45, 7) is 5.62. The van der Waals surface area contributed by atoms with Crippen molar-refractivity contribution in [2.24, 2.45) is 39.9 Å². The Hall–Kier alpha value is -1.78. The number of fused-ring (bicyclic) bond motifs is 2. The highest BCUT2D eigenvalue weighted by molar-refractivity contribution is 6.10. The van der Waals surface area contributed by atoms with Gasteiger partial charge < -0.3 is 9.53 Å². The predicted octanol–water partition coefficient (Wildman–Crippen LogP) is 2.13. The van der Waals surface area contributed by atoms with E-state index in [0.29, 0.717) is 12.8 Å². The molecule has 0 aromatic rings. The monoisotopic (exact) mass is 344 g/mol. The van der Waals surface area contributed by atoms with Gasteiger partial charge in [0.1, 0.15) is 18.3 Å². The first-order chi connectivity index (χ1) is 11.7. The van der Waals surface area contributed by atoms with E-state index >= 15 is 0 Å². The van der Waals surface area contributed by atoms with Crippen LogP contribution in [0.2, 0.25) is 0 Å². The molecule has 1 heterocycles. The zero-order chi connectivity index (χ0) is 18.2. The first-order valence-corrected chi connectivity index (χ1v) is 9.12. The lowest BCUT2D eigenvalue weighted by atomic mass is 9.46. The minimum atomic E-state index is -1.24. The van der Waals surface area contributed by atoms with E-state index in [4.69, 9.17) is 4.74 Å². The summed E-state index contributed by atoms with van der Waals surface area (Å²) in [6.07, 6.45) is 6.03. The fourth-order valence-electron chi connectivity index (χ4n) is 6.25. The Morgan fingerprint density at radius 3 is 2.60 bits per heavy atom. The third kappa shape index (κ3) is 1.74. The number of esters is 1. The third-order valence-electron chi connectivity index (χ3n) is 7.61. The van der Waals surface area contributed by atoms with E-state index in [1.165, 1.54) is 6.08 Å². The van der Waals surface area contributed by atoms with E-state index in [1.54, 1.807) is 6.08 Å². The SMILES string of the molecule is C[C@@H]1C(=O)[C@@]23C[C@@H]1CC[C@@H]2[C@@]1(COC3=O)C(=O)C=CC(C)(C)[C@@H]1C=O. The molecule has 0 N–H and O–H groups in total. The number of cyclic esters (lactones) is 1. The van der Waals surface area contributed by atoms with Gasteiger partial charge in [-0.1, -0.05) is 26.8 Å². The number of hydrogen-bond donors (Lipinski definition) is 0. The lowest BCUT2D eigenvalue weighted by molar-refractivity contribution is -0.202. The zero-order valence-corrected chi connectivity index (χ0v) is 14.9. The van der Waals surface area contributed by atoms with E-state index in [-0.39, 0.29) is 30.0 Å². The van der Waals surface area contributed by atoms with E-state index in [9.17, 15) is 19.2 Å². The van der Waals surface area contributed by atoms with Crippen LogP contribution in [0.3, 0.4) is 0 Å². The second kappa shape index (κ2) is 4.89. The number of ketones is 2. The maximum absolute atomic E-state index is 13.1.